The van der Waals surface area contributed by atoms with E-state index in [9.17, 15) is 14.7 Å². The Hall–Kier alpha value is -4.19. The predicted molar refractivity (Wildman–Crippen MR) is 126 cm³/mol. The van der Waals surface area contributed by atoms with E-state index < -0.39 is 11.5 Å². The zero-order valence-corrected chi connectivity index (χ0v) is 17.9. The molecule has 6 heteroatoms. The van der Waals surface area contributed by atoms with Gasteiger partial charge in [-0.3, -0.25) is 9.59 Å². The highest BCUT2D eigenvalue weighted by Gasteiger charge is 2.25. The number of hydrogen-bond acceptors (Lipinski definition) is 4. The molecule has 3 aromatic carbocycles. The van der Waals surface area contributed by atoms with Crippen LogP contribution in [0.3, 0.4) is 0 Å². The number of aryl methyl sites for hydroxylation is 2. The van der Waals surface area contributed by atoms with Gasteiger partial charge < -0.3 is 10.4 Å². The molecule has 0 fully saturated rings. The lowest BCUT2D eigenvalue weighted by molar-refractivity contribution is 0.102. The van der Waals surface area contributed by atoms with E-state index in [1.807, 2.05) is 67.6 Å². The predicted octanol–water partition coefficient (Wildman–Crippen LogP) is 4.86. The highest BCUT2D eigenvalue weighted by Crippen LogP contribution is 2.33. The van der Waals surface area contributed by atoms with Crippen LogP contribution in [0, 0.1) is 6.92 Å². The van der Waals surface area contributed by atoms with E-state index in [1.54, 1.807) is 19.1 Å². The van der Waals surface area contributed by atoms with Crippen LogP contribution >= 0.6 is 0 Å². The molecule has 1 heterocycles. The zero-order chi connectivity index (χ0) is 22.7. The lowest BCUT2D eigenvalue weighted by Crippen LogP contribution is -2.32. The van der Waals surface area contributed by atoms with Crippen molar-refractivity contribution < 1.29 is 9.90 Å². The van der Waals surface area contributed by atoms with Crippen LogP contribution < -0.4 is 10.9 Å². The maximum atomic E-state index is 13.5. The van der Waals surface area contributed by atoms with Gasteiger partial charge in [0.05, 0.1) is 11.4 Å². The van der Waals surface area contributed by atoms with Gasteiger partial charge in [0.1, 0.15) is 11.3 Å². The third-order valence-electron chi connectivity index (χ3n) is 5.19. The van der Waals surface area contributed by atoms with Gasteiger partial charge in [-0.1, -0.05) is 66.7 Å². The van der Waals surface area contributed by atoms with Gasteiger partial charge in [0.15, 0.2) is 0 Å². The molecule has 6 nitrogen and oxygen atoms in total. The second kappa shape index (κ2) is 8.89. The molecule has 0 aliphatic carbocycles. The number of phenolic OH excluding ortho intramolecular Hbond substituents is 1. The number of aromatic nitrogens is 2. The minimum absolute atomic E-state index is 0.0205. The fourth-order valence-electron chi connectivity index (χ4n) is 3.61. The number of aromatic hydroxyl groups is 1. The van der Waals surface area contributed by atoms with Crippen molar-refractivity contribution in [2.75, 3.05) is 5.32 Å². The van der Waals surface area contributed by atoms with E-state index in [2.05, 4.69) is 10.4 Å². The largest absolute Gasteiger partial charge is 0.506 e. The first-order chi connectivity index (χ1) is 15.5. The molecule has 4 rings (SSSR count). The topological polar surface area (TPSA) is 84.2 Å². The Kier molecular flexibility index (Phi) is 5.85. The fourth-order valence-corrected chi connectivity index (χ4v) is 3.61. The van der Waals surface area contributed by atoms with Crippen LogP contribution in [0.4, 0.5) is 5.69 Å². The van der Waals surface area contributed by atoms with Gasteiger partial charge in [-0.05, 0) is 37.1 Å². The number of carbonyl (C=O) groups is 1. The minimum atomic E-state index is -0.600. The average molecular weight is 425 g/mol. The number of amides is 1. The Morgan fingerprint density at radius 2 is 1.59 bits per heavy atom. The summed E-state index contributed by atoms with van der Waals surface area (Å²) in [5, 5.41) is 17.5. The molecule has 0 unspecified atom stereocenters. The zero-order valence-electron chi connectivity index (χ0n) is 17.9. The number of phenols is 1. The van der Waals surface area contributed by atoms with Crippen LogP contribution in [-0.4, -0.2) is 20.8 Å². The van der Waals surface area contributed by atoms with E-state index in [0.29, 0.717) is 23.4 Å². The fraction of sp³-hybridized carbons (Fsp3) is 0.115. The van der Waals surface area contributed by atoms with E-state index in [0.717, 1.165) is 11.1 Å². The summed E-state index contributed by atoms with van der Waals surface area (Å²) >= 11 is 0. The van der Waals surface area contributed by atoms with E-state index in [-0.39, 0.29) is 17.0 Å². The molecule has 32 heavy (non-hydrogen) atoms. The molecule has 0 spiro atoms. The van der Waals surface area contributed by atoms with Crippen molar-refractivity contribution in [1.29, 1.82) is 0 Å². The average Bonchev–Trinajstić information content (AvgIpc) is 2.82. The molecular formula is C26H23N3O3. The Morgan fingerprint density at radius 3 is 2.22 bits per heavy atom. The molecule has 0 aliphatic heterocycles. The van der Waals surface area contributed by atoms with Crippen molar-refractivity contribution in [3.63, 3.8) is 0 Å². The number of benzene rings is 3. The number of carbonyl (C=O) groups excluding carboxylic acids is 1. The quantitative estimate of drug-likeness (QED) is 0.447. The molecule has 2 N–H and O–H groups in total. The number of hydrogen-bond donors (Lipinski definition) is 2. The van der Waals surface area contributed by atoms with Crippen LogP contribution in [0.1, 0.15) is 22.8 Å². The lowest BCUT2D eigenvalue weighted by Gasteiger charge is -2.17. The van der Waals surface area contributed by atoms with Crippen LogP contribution in [0.5, 0.6) is 5.75 Å². The van der Waals surface area contributed by atoms with E-state index >= 15 is 0 Å². The summed E-state index contributed by atoms with van der Waals surface area (Å²) in [7, 11) is 0. The molecule has 1 aromatic heterocycles. The number of anilines is 1. The second-order valence-electron chi connectivity index (χ2n) is 7.43. The first kappa shape index (κ1) is 21.1. The van der Waals surface area contributed by atoms with E-state index in [4.69, 9.17) is 0 Å². The van der Waals surface area contributed by atoms with Gasteiger partial charge in [-0.2, -0.15) is 5.10 Å². The van der Waals surface area contributed by atoms with Crippen molar-refractivity contribution in [3.05, 3.63) is 100 Å². The van der Waals surface area contributed by atoms with Crippen molar-refractivity contribution in [3.8, 4) is 28.1 Å². The maximum absolute atomic E-state index is 13.5. The molecule has 160 valence electrons. The maximum Gasteiger partial charge on any atom is 0.280 e. The number of nitrogens with zero attached hydrogens (tertiary/aromatic N) is 2. The summed E-state index contributed by atoms with van der Waals surface area (Å²) in [5.74, 6) is -0.671. The monoisotopic (exact) mass is 425 g/mol. The van der Waals surface area contributed by atoms with Gasteiger partial charge in [0.2, 0.25) is 0 Å². The Bertz CT molecular complexity index is 1330. The summed E-state index contributed by atoms with van der Waals surface area (Å²) in [6, 6.07) is 23.6. The number of nitrogens with one attached hydrogen (secondary N) is 1. The second-order valence-corrected chi connectivity index (χ2v) is 7.43. The molecule has 0 aliphatic rings. The minimum Gasteiger partial charge on any atom is -0.506 e. The molecular weight excluding hydrogens is 402 g/mol. The molecule has 0 radical (unpaired) electrons. The lowest BCUT2D eigenvalue weighted by atomic mass is 9.95. The summed E-state index contributed by atoms with van der Waals surface area (Å²) in [6.45, 7) is 3.97. The number of rotatable bonds is 5. The Labute approximate surface area is 185 Å². The summed E-state index contributed by atoms with van der Waals surface area (Å²) in [4.78, 5) is 26.8. The van der Waals surface area contributed by atoms with Gasteiger partial charge in [-0.25, -0.2) is 4.68 Å². The first-order valence-corrected chi connectivity index (χ1v) is 10.4. The van der Waals surface area contributed by atoms with Crippen molar-refractivity contribution in [2.24, 2.45) is 0 Å². The van der Waals surface area contributed by atoms with Crippen molar-refractivity contribution in [2.45, 2.75) is 20.4 Å². The van der Waals surface area contributed by atoms with Crippen LogP contribution in [0.15, 0.2) is 83.7 Å². The van der Waals surface area contributed by atoms with Crippen molar-refractivity contribution in [1.82, 2.24) is 9.78 Å². The molecule has 0 saturated heterocycles. The molecule has 0 atom stereocenters. The highest BCUT2D eigenvalue weighted by atomic mass is 16.3. The SMILES string of the molecule is CCn1nc(-c2ccccc2)c(-c2ccccc2)c(C(=O)Nc2cc(C)ccc2O)c1=O. The molecule has 0 saturated carbocycles. The summed E-state index contributed by atoms with van der Waals surface area (Å²) < 4.78 is 1.29. The van der Waals surface area contributed by atoms with Gasteiger partial charge in [0.25, 0.3) is 11.5 Å². The van der Waals surface area contributed by atoms with Gasteiger partial charge in [-0.15, -0.1) is 0 Å². The summed E-state index contributed by atoms with van der Waals surface area (Å²) in [5.41, 5.74) is 3.09. The third kappa shape index (κ3) is 4.03. The van der Waals surface area contributed by atoms with Gasteiger partial charge in [0, 0.05) is 17.7 Å². The summed E-state index contributed by atoms with van der Waals surface area (Å²) in [6.07, 6.45) is 0. The highest BCUT2D eigenvalue weighted by molar-refractivity contribution is 6.10. The van der Waals surface area contributed by atoms with Crippen LogP contribution in [-0.2, 0) is 6.54 Å². The van der Waals surface area contributed by atoms with E-state index in [1.165, 1.54) is 10.7 Å². The first-order valence-electron chi connectivity index (χ1n) is 10.4. The normalized spacial score (nSPS) is 10.7. The Morgan fingerprint density at radius 1 is 0.969 bits per heavy atom. The molecule has 1 amide bonds. The molecule has 4 aromatic rings. The third-order valence-corrected chi connectivity index (χ3v) is 5.19. The van der Waals surface area contributed by atoms with Crippen molar-refractivity contribution >= 4 is 11.6 Å². The standard InChI is InChI=1S/C26H23N3O3/c1-3-29-26(32)23(25(31)27-20-16-17(2)14-15-21(20)30)22(18-10-6-4-7-11-18)24(28-29)19-12-8-5-9-13-19/h4-16,30H,3H2,1-2H3,(H,27,31). The van der Waals surface area contributed by atoms with Gasteiger partial charge >= 0.3 is 0 Å². The smallest absolute Gasteiger partial charge is 0.280 e. The van der Waals surface area contributed by atoms with Crippen LogP contribution in [0.2, 0.25) is 0 Å². The van der Waals surface area contributed by atoms with Crippen LogP contribution in [0.25, 0.3) is 22.4 Å². The molecule has 0 bridgehead atoms. The Balaban J connectivity index is 1.99.